The molecule has 0 saturated carbocycles. The number of rotatable bonds is 1. The Labute approximate surface area is 77.6 Å². The largest absolute Gasteiger partial charge is 0.203 e. The van der Waals surface area contributed by atoms with Crippen LogP contribution in [0.15, 0.2) is 0 Å². The van der Waals surface area contributed by atoms with Crippen LogP contribution in [0.1, 0.15) is 11.1 Å². The van der Waals surface area contributed by atoms with E-state index in [1.165, 1.54) is 6.07 Å². The highest BCUT2D eigenvalue weighted by molar-refractivity contribution is 5.36. The SMILES string of the molecule is Cc1c(F)c(F)c([CH]C#N)c(F)c1F. The zero-order valence-corrected chi connectivity index (χ0v) is 7.04. The van der Waals surface area contributed by atoms with E-state index in [4.69, 9.17) is 5.26 Å². The van der Waals surface area contributed by atoms with Gasteiger partial charge < -0.3 is 0 Å². The summed E-state index contributed by atoms with van der Waals surface area (Å²) >= 11 is 0. The third-order valence-corrected chi connectivity index (χ3v) is 1.73. The fraction of sp³-hybridized carbons (Fsp3) is 0.111. The van der Waals surface area contributed by atoms with Gasteiger partial charge in [0.1, 0.15) is 0 Å². The molecule has 1 nitrogen and oxygen atoms in total. The Morgan fingerprint density at radius 3 is 1.79 bits per heavy atom. The first kappa shape index (κ1) is 10.5. The molecule has 0 spiro atoms. The molecular formula is C9H4F4N. The lowest BCUT2D eigenvalue weighted by atomic mass is 10.1. The lowest BCUT2D eigenvalue weighted by Gasteiger charge is -2.06. The molecule has 0 aromatic heterocycles. The lowest BCUT2D eigenvalue weighted by Crippen LogP contribution is -2.04. The van der Waals surface area contributed by atoms with Crippen LogP contribution in [0.4, 0.5) is 17.6 Å². The number of hydrogen-bond donors (Lipinski definition) is 0. The molecule has 0 heterocycles. The van der Waals surface area contributed by atoms with Crippen molar-refractivity contribution in [1.82, 2.24) is 0 Å². The van der Waals surface area contributed by atoms with E-state index in [1.807, 2.05) is 0 Å². The Morgan fingerprint density at radius 2 is 1.43 bits per heavy atom. The van der Waals surface area contributed by atoms with Crippen LogP contribution in [-0.2, 0) is 0 Å². The summed E-state index contributed by atoms with van der Waals surface area (Å²) in [6, 6.07) is 1.30. The smallest absolute Gasteiger partial charge is 0.166 e. The summed E-state index contributed by atoms with van der Waals surface area (Å²) in [6.07, 6.45) is 0.413. The van der Waals surface area contributed by atoms with E-state index in [1.54, 1.807) is 0 Å². The van der Waals surface area contributed by atoms with E-state index >= 15 is 0 Å². The minimum absolute atomic E-state index is 0.413. The van der Waals surface area contributed by atoms with Gasteiger partial charge in [0, 0.05) is 11.1 Å². The summed E-state index contributed by atoms with van der Waals surface area (Å²) in [5.41, 5.74) is -1.73. The molecule has 1 rings (SSSR count). The Bertz CT molecular complexity index is 391. The van der Waals surface area contributed by atoms with Gasteiger partial charge in [-0.05, 0) is 6.92 Å². The molecule has 0 aliphatic heterocycles. The van der Waals surface area contributed by atoms with Gasteiger partial charge in [0.05, 0.1) is 12.5 Å². The second kappa shape index (κ2) is 3.66. The minimum atomic E-state index is -1.55. The van der Waals surface area contributed by atoms with Gasteiger partial charge in [-0.25, -0.2) is 17.6 Å². The van der Waals surface area contributed by atoms with E-state index in [9.17, 15) is 17.6 Å². The van der Waals surface area contributed by atoms with Crippen LogP contribution in [-0.4, -0.2) is 0 Å². The molecule has 1 aromatic rings. The number of hydrogen-bond acceptors (Lipinski definition) is 1. The standard InChI is InChI=1S/C9H4F4N/c1-4-6(10)8(12)5(2-3-14)9(13)7(4)11/h2H,1H3. The van der Waals surface area contributed by atoms with Crippen molar-refractivity contribution in [2.75, 3.05) is 0 Å². The van der Waals surface area contributed by atoms with Gasteiger partial charge in [0.15, 0.2) is 23.3 Å². The topological polar surface area (TPSA) is 23.8 Å². The molecule has 0 amide bonds. The van der Waals surface area contributed by atoms with E-state index in [0.29, 0.717) is 6.42 Å². The fourth-order valence-corrected chi connectivity index (χ4v) is 0.950. The predicted octanol–water partition coefficient (Wildman–Crippen LogP) is 2.63. The maximum Gasteiger partial charge on any atom is 0.166 e. The van der Waals surface area contributed by atoms with Crippen molar-refractivity contribution in [1.29, 1.82) is 5.26 Å². The molecule has 14 heavy (non-hydrogen) atoms. The molecular weight excluding hydrogens is 198 g/mol. The maximum atomic E-state index is 12.9. The normalized spacial score (nSPS) is 10.0. The van der Waals surface area contributed by atoms with Crippen LogP contribution < -0.4 is 0 Å². The van der Waals surface area contributed by atoms with Crippen molar-refractivity contribution in [3.63, 3.8) is 0 Å². The van der Waals surface area contributed by atoms with Crippen LogP contribution in [0.3, 0.4) is 0 Å². The average Bonchev–Trinajstić information content (AvgIpc) is 2.19. The fourth-order valence-electron chi connectivity index (χ4n) is 0.950. The summed E-state index contributed by atoms with van der Waals surface area (Å²) in [5.74, 6) is -6.07. The summed E-state index contributed by atoms with van der Waals surface area (Å²) in [4.78, 5) is 0. The zero-order chi connectivity index (χ0) is 10.9. The highest BCUT2D eigenvalue weighted by atomic mass is 19.2. The monoisotopic (exact) mass is 202 g/mol. The molecule has 0 N–H and O–H groups in total. The Balaban J connectivity index is 3.53. The maximum absolute atomic E-state index is 12.9. The number of nitrogens with zero attached hydrogens (tertiary/aromatic N) is 1. The molecule has 1 aromatic carbocycles. The van der Waals surface area contributed by atoms with Crippen molar-refractivity contribution in [2.45, 2.75) is 6.92 Å². The first-order valence-corrected chi connectivity index (χ1v) is 3.56. The molecule has 1 radical (unpaired) electrons. The third kappa shape index (κ3) is 1.43. The number of nitriles is 1. The van der Waals surface area contributed by atoms with Gasteiger partial charge in [0.25, 0.3) is 0 Å². The highest BCUT2D eigenvalue weighted by Gasteiger charge is 2.22. The summed E-state index contributed by atoms with van der Waals surface area (Å²) in [7, 11) is 0. The van der Waals surface area contributed by atoms with Crippen molar-refractivity contribution < 1.29 is 17.6 Å². The summed E-state index contributed by atoms with van der Waals surface area (Å²) in [5, 5.41) is 8.14. The first-order valence-electron chi connectivity index (χ1n) is 3.56. The van der Waals surface area contributed by atoms with E-state index in [-0.39, 0.29) is 0 Å². The Morgan fingerprint density at radius 1 is 1.00 bits per heavy atom. The zero-order valence-electron chi connectivity index (χ0n) is 7.04. The molecule has 73 valence electrons. The molecule has 0 atom stereocenters. The molecule has 5 heteroatoms. The molecule has 0 saturated heterocycles. The third-order valence-electron chi connectivity index (χ3n) is 1.73. The number of benzene rings is 1. The Kier molecular flexibility index (Phi) is 2.75. The summed E-state index contributed by atoms with van der Waals surface area (Å²) in [6.45, 7) is 0.910. The van der Waals surface area contributed by atoms with E-state index in [2.05, 4.69) is 0 Å². The predicted molar refractivity (Wildman–Crippen MR) is 40.0 cm³/mol. The molecule has 0 fully saturated rings. The van der Waals surface area contributed by atoms with Crippen LogP contribution in [0.5, 0.6) is 0 Å². The molecule has 0 unspecified atom stereocenters. The van der Waals surface area contributed by atoms with E-state index in [0.717, 1.165) is 6.92 Å². The average molecular weight is 202 g/mol. The van der Waals surface area contributed by atoms with Crippen molar-refractivity contribution in [2.24, 2.45) is 0 Å². The van der Waals surface area contributed by atoms with Gasteiger partial charge in [-0.1, -0.05) is 0 Å². The van der Waals surface area contributed by atoms with Crippen molar-refractivity contribution in [3.8, 4) is 6.07 Å². The van der Waals surface area contributed by atoms with Crippen LogP contribution in [0, 0.1) is 47.9 Å². The molecule has 0 aliphatic carbocycles. The van der Waals surface area contributed by atoms with Crippen LogP contribution in [0.2, 0.25) is 0 Å². The Hall–Kier alpha value is -1.57. The number of halogens is 4. The second-order valence-corrected chi connectivity index (χ2v) is 2.57. The lowest BCUT2D eigenvalue weighted by molar-refractivity contribution is 0.439. The van der Waals surface area contributed by atoms with Gasteiger partial charge in [-0.2, -0.15) is 5.26 Å². The summed E-state index contributed by atoms with van der Waals surface area (Å²) < 4.78 is 51.5. The van der Waals surface area contributed by atoms with E-state index < -0.39 is 34.4 Å². The molecule has 0 bridgehead atoms. The van der Waals surface area contributed by atoms with Crippen molar-refractivity contribution >= 4 is 0 Å². The van der Waals surface area contributed by atoms with Gasteiger partial charge in [-0.15, -0.1) is 0 Å². The second-order valence-electron chi connectivity index (χ2n) is 2.57. The first-order chi connectivity index (χ1) is 6.50. The van der Waals surface area contributed by atoms with Crippen molar-refractivity contribution in [3.05, 3.63) is 40.8 Å². The van der Waals surface area contributed by atoms with Crippen LogP contribution in [0.25, 0.3) is 0 Å². The van der Waals surface area contributed by atoms with Crippen LogP contribution >= 0.6 is 0 Å². The highest BCUT2D eigenvalue weighted by Crippen LogP contribution is 2.24. The minimum Gasteiger partial charge on any atom is -0.203 e. The quantitative estimate of drug-likeness (QED) is 0.507. The van der Waals surface area contributed by atoms with Gasteiger partial charge in [0.2, 0.25) is 0 Å². The van der Waals surface area contributed by atoms with Gasteiger partial charge >= 0.3 is 0 Å². The molecule has 0 aliphatic rings. The van der Waals surface area contributed by atoms with Gasteiger partial charge in [-0.3, -0.25) is 0 Å².